The van der Waals surface area contributed by atoms with Gasteiger partial charge in [-0.1, -0.05) is 36.4 Å². The maximum atomic E-state index is 12.4. The van der Waals surface area contributed by atoms with Gasteiger partial charge in [0.1, 0.15) is 11.5 Å². The molecule has 4 rings (SSSR count). The molecule has 0 fully saturated rings. The molecule has 0 aliphatic carbocycles. The Bertz CT molecular complexity index is 1070. The van der Waals surface area contributed by atoms with Crippen LogP contribution in [0.15, 0.2) is 66.7 Å². The Hall–Kier alpha value is -3.53. The van der Waals surface area contributed by atoms with Gasteiger partial charge in [-0.05, 0) is 54.5 Å². The highest BCUT2D eigenvalue weighted by Crippen LogP contribution is 2.36. The lowest BCUT2D eigenvalue weighted by molar-refractivity contribution is -0.110. The van der Waals surface area contributed by atoms with E-state index in [9.17, 15) is 4.79 Å². The van der Waals surface area contributed by atoms with Crippen molar-refractivity contribution >= 4 is 23.2 Å². The Morgan fingerprint density at radius 2 is 1.82 bits per heavy atom. The van der Waals surface area contributed by atoms with E-state index in [0.29, 0.717) is 12.2 Å². The third-order valence-corrected chi connectivity index (χ3v) is 4.70. The van der Waals surface area contributed by atoms with Crippen LogP contribution < -0.4 is 14.8 Å². The van der Waals surface area contributed by atoms with Crippen molar-refractivity contribution in [1.82, 2.24) is 0 Å². The van der Waals surface area contributed by atoms with Crippen molar-refractivity contribution < 1.29 is 14.3 Å². The van der Waals surface area contributed by atoms with E-state index >= 15 is 0 Å². The summed E-state index contributed by atoms with van der Waals surface area (Å²) in [6.45, 7) is 2.58. The van der Waals surface area contributed by atoms with Crippen LogP contribution >= 0.6 is 0 Å². The van der Waals surface area contributed by atoms with Crippen molar-refractivity contribution in [1.29, 1.82) is 0 Å². The molecule has 1 aliphatic heterocycles. The van der Waals surface area contributed by atoms with E-state index in [4.69, 9.17) is 9.47 Å². The van der Waals surface area contributed by atoms with Crippen LogP contribution in [0.1, 0.15) is 18.1 Å². The largest absolute Gasteiger partial charge is 0.496 e. The molecule has 1 amide bonds. The maximum absolute atomic E-state index is 12.4. The number of benzene rings is 3. The highest BCUT2D eigenvalue weighted by Gasteiger charge is 2.23. The zero-order valence-electron chi connectivity index (χ0n) is 15.9. The number of anilines is 1. The summed E-state index contributed by atoms with van der Waals surface area (Å²) in [7, 11) is 1.66. The van der Waals surface area contributed by atoms with Gasteiger partial charge in [0.15, 0.2) is 0 Å². The fourth-order valence-corrected chi connectivity index (χ4v) is 3.41. The number of hydrogen-bond donors (Lipinski definition) is 1. The standard InChI is InChI=1S/C24H21NO3/c1-3-28-18-8-6-7-17(15-18)20-13-16(11-12-23(20)27-2)14-21-19-9-4-5-10-22(19)25-24(21)26/h4-15H,3H2,1-2H3,(H,25,26). The number of methoxy groups -OCH3 is 1. The number of ether oxygens (including phenoxy) is 2. The number of amides is 1. The fourth-order valence-electron chi connectivity index (χ4n) is 3.41. The molecule has 4 heteroatoms. The van der Waals surface area contributed by atoms with E-state index < -0.39 is 0 Å². The van der Waals surface area contributed by atoms with Gasteiger partial charge < -0.3 is 14.8 Å². The van der Waals surface area contributed by atoms with Crippen LogP contribution in [0.2, 0.25) is 0 Å². The van der Waals surface area contributed by atoms with Crippen molar-refractivity contribution in [2.75, 3.05) is 19.0 Å². The third-order valence-electron chi connectivity index (χ3n) is 4.70. The molecule has 1 N–H and O–H groups in total. The van der Waals surface area contributed by atoms with Gasteiger partial charge in [0.05, 0.1) is 13.7 Å². The van der Waals surface area contributed by atoms with Crippen LogP contribution in [-0.4, -0.2) is 19.6 Å². The summed E-state index contributed by atoms with van der Waals surface area (Å²) in [6, 6.07) is 21.5. The summed E-state index contributed by atoms with van der Waals surface area (Å²) in [6.07, 6.45) is 1.91. The van der Waals surface area contributed by atoms with Crippen LogP contribution in [-0.2, 0) is 4.79 Å². The Morgan fingerprint density at radius 3 is 2.64 bits per heavy atom. The minimum absolute atomic E-state index is 0.0862. The highest BCUT2D eigenvalue weighted by molar-refractivity contribution is 6.34. The Morgan fingerprint density at radius 1 is 0.964 bits per heavy atom. The summed E-state index contributed by atoms with van der Waals surface area (Å²) in [5.74, 6) is 1.50. The fraction of sp³-hybridized carbons (Fsp3) is 0.125. The van der Waals surface area contributed by atoms with Gasteiger partial charge in [-0.25, -0.2) is 0 Å². The second kappa shape index (κ2) is 7.61. The normalized spacial score (nSPS) is 13.9. The monoisotopic (exact) mass is 371 g/mol. The predicted octanol–water partition coefficient (Wildman–Crippen LogP) is 5.25. The maximum Gasteiger partial charge on any atom is 0.256 e. The quantitative estimate of drug-likeness (QED) is 0.623. The lowest BCUT2D eigenvalue weighted by Gasteiger charge is -2.12. The zero-order valence-corrected chi connectivity index (χ0v) is 15.9. The average molecular weight is 371 g/mol. The van der Waals surface area contributed by atoms with E-state index in [0.717, 1.165) is 39.4 Å². The Labute approximate surface area is 164 Å². The van der Waals surface area contributed by atoms with Crippen LogP contribution in [0.4, 0.5) is 5.69 Å². The molecule has 0 radical (unpaired) electrons. The van der Waals surface area contributed by atoms with E-state index in [-0.39, 0.29) is 5.91 Å². The van der Waals surface area contributed by atoms with E-state index in [2.05, 4.69) is 5.32 Å². The molecule has 140 valence electrons. The van der Waals surface area contributed by atoms with Gasteiger partial charge in [-0.2, -0.15) is 0 Å². The number of carbonyl (C=O) groups excluding carboxylic acids is 1. The predicted molar refractivity (Wildman–Crippen MR) is 113 cm³/mol. The number of rotatable bonds is 5. The highest BCUT2D eigenvalue weighted by atomic mass is 16.5. The van der Waals surface area contributed by atoms with Gasteiger partial charge in [0.2, 0.25) is 0 Å². The molecule has 0 bridgehead atoms. The summed E-state index contributed by atoms with van der Waals surface area (Å²) in [5, 5.41) is 2.91. The molecule has 1 heterocycles. The molecule has 3 aromatic carbocycles. The number of nitrogens with one attached hydrogen (secondary N) is 1. The van der Waals surface area contributed by atoms with Gasteiger partial charge >= 0.3 is 0 Å². The summed E-state index contributed by atoms with van der Waals surface area (Å²) in [4.78, 5) is 12.4. The molecule has 3 aromatic rings. The van der Waals surface area contributed by atoms with E-state index in [1.165, 1.54) is 0 Å². The van der Waals surface area contributed by atoms with Gasteiger partial charge in [0.25, 0.3) is 5.91 Å². The van der Waals surface area contributed by atoms with Crippen LogP contribution in [0.3, 0.4) is 0 Å². The lowest BCUT2D eigenvalue weighted by Crippen LogP contribution is -2.03. The molecule has 28 heavy (non-hydrogen) atoms. The van der Waals surface area contributed by atoms with Crippen molar-refractivity contribution in [3.8, 4) is 22.6 Å². The Kier molecular flexibility index (Phi) is 4.85. The number of fused-ring (bicyclic) bond motifs is 1. The first-order valence-electron chi connectivity index (χ1n) is 9.23. The van der Waals surface area contributed by atoms with Crippen molar-refractivity contribution in [3.63, 3.8) is 0 Å². The summed E-state index contributed by atoms with van der Waals surface area (Å²) < 4.78 is 11.2. The minimum Gasteiger partial charge on any atom is -0.496 e. The molecule has 0 unspecified atom stereocenters. The molecule has 0 saturated heterocycles. The number of carbonyl (C=O) groups is 1. The molecule has 0 saturated carbocycles. The van der Waals surface area contributed by atoms with Crippen LogP contribution in [0.5, 0.6) is 11.5 Å². The van der Waals surface area contributed by atoms with Gasteiger partial charge in [0, 0.05) is 22.4 Å². The second-order valence-electron chi connectivity index (χ2n) is 6.48. The second-order valence-corrected chi connectivity index (χ2v) is 6.48. The van der Waals surface area contributed by atoms with Gasteiger partial charge in [-0.3, -0.25) is 4.79 Å². The van der Waals surface area contributed by atoms with Gasteiger partial charge in [-0.15, -0.1) is 0 Å². The van der Waals surface area contributed by atoms with E-state index in [1.54, 1.807) is 7.11 Å². The van der Waals surface area contributed by atoms with Crippen molar-refractivity contribution in [2.45, 2.75) is 6.92 Å². The molecule has 1 aliphatic rings. The Balaban J connectivity index is 1.78. The number of para-hydroxylation sites is 1. The summed E-state index contributed by atoms with van der Waals surface area (Å²) in [5.41, 5.74) is 5.30. The third kappa shape index (κ3) is 3.37. The van der Waals surface area contributed by atoms with Crippen molar-refractivity contribution in [2.24, 2.45) is 0 Å². The molecule has 0 aromatic heterocycles. The smallest absolute Gasteiger partial charge is 0.256 e. The molecule has 0 spiro atoms. The first kappa shape index (κ1) is 17.9. The average Bonchev–Trinajstić information content (AvgIpc) is 3.04. The van der Waals surface area contributed by atoms with Crippen LogP contribution in [0, 0.1) is 0 Å². The van der Waals surface area contributed by atoms with E-state index in [1.807, 2.05) is 79.7 Å². The summed E-state index contributed by atoms with van der Waals surface area (Å²) >= 11 is 0. The molecule has 4 nitrogen and oxygen atoms in total. The molecule has 0 atom stereocenters. The van der Waals surface area contributed by atoms with Crippen LogP contribution in [0.25, 0.3) is 22.8 Å². The molecular formula is C24H21NO3. The zero-order chi connectivity index (χ0) is 19.5. The lowest BCUT2D eigenvalue weighted by atomic mass is 9.99. The van der Waals surface area contributed by atoms with Crippen molar-refractivity contribution in [3.05, 3.63) is 77.9 Å². The topological polar surface area (TPSA) is 47.6 Å². The SMILES string of the molecule is CCOc1cccc(-c2cc(C=C3C(=O)Nc4ccccc43)ccc2OC)c1. The first-order chi connectivity index (χ1) is 13.7. The molecular weight excluding hydrogens is 350 g/mol. The first-order valence-corrected chi connectivity index (χ1v) is 9.23. The minimum atomic E-state index is -0.0862. The number of hydrogen-bond acceptors (Lipinski definition) is 3.